The Morgan fingerprint density at radius 1 is 1.38 bits per heavy atom. The van der Waals surface area contributed by atoms with Gasteiger partial charge in [-0.25, -0.2) is 8.78 Å². The van der Waals surface area contributed by atoms with Crippen molar-refractivity contribution in [3.05, 3.63) is 35.4 Å². The molecule has 1 aromatic carbocycles. The number of hydrogen-bond acceptors (Lipinski definition) is 3. The minimum Gasteiger partial charge on any atom is -0.468 e. The van der Waals surface area contributed by atoms with E-state index in [1.165, 1.54) is 13.2 Å². The first-order valence-electron chi connectivity index (χ1n) is 4.85. The number of nitrogens with one attached hydrogen (secondary N) is 1. The summed E-state index contributed by atoms with van der Waals surface area (Å²) in [6.07, 6.45) is 0.522. The summed E-state index contributed by atoms with van der Waals surface area (Å²) in [5.41, 5.74) is 0.677. The van der Waals surface area contributed by atoms with Gasteiger partial charge in [-0.3, -0.25) is 4.79 Å². The summed E-state index contributed by atoms with van der Waals surface area (Å²) in [6.45, 7) is 0.611. The van der Waals surface area contributed by atoms with Crippen molar-refractivity contribution in [1.82, 2.24) is 5.32 Å². The van der Waals surface area contributed by atoms with Crippen LogP contribution in [0.5, 0.6) is 0 Å². The number of halogens is 2. The molecule has 0 aliphatic carbocycles. The van der Waals surface area contributed by atoms with Gasteiger partial charge in [-0.15, -0.1) is 0 Å². The lowest BCUT2D eigenvalue weighted by atomic mass is 10.1. The fourth-order valence-corrected chi connectivity index (χ4v) is 1.19. The Morgan fingerprint density at radius 3 is 2.75 bits per heavy atom. The predicted octanol–water partition coefficient (Wildman–Crippen LogP) is 1.27. The lowest BCUT2D eigenvalue weighted by molar-refractivity contribution is -0.139. The van der Waals surface area contributed by atoms with Crippen LogP contribution in [-0.4, -0.2) is 26.2 Å². The molecular formula is C11H13F2NO2. The molecule has 0 saturated heterocycles. The summed E-state index contributed by atoms with van der Waals surface area (Å²) in [4.78, 5) is 10.7. The lowest BCUT2D eigenvalue weighted by Crippen LogP contribution is -2.25. The molecule has 0 aromatic heterocycles. The van der Waals surface area contributed by atoms with Crippen LogP contribution in [0.25, 0.3) is 0 Å². The van der Waals surface area contributed by atoms with Crippen molar-refractivity contribution in [2.45, 2.75) is 6.42 Å². The molecule has 0 unspecified atom stereocenters. The van der Waals surface area contributed by atoms with Crippen LogP contribution in [0.15, 0.2) is 18.2 Å². The molecule has 0 aliphatic heterocycles. The van der Waals surface area contributed by atoms with Crippen LogP contribution in [-0.2, 0) is 16.0 Å². The lowest BCUT2D eigenvalue weighted by Gasteiger charge is -2.04. The van der Waals surface area contributed by atoms with Crippen LogP contribution in [0.1, 0.15) is 5.56 Å². The van der Waals surface area contributed by atoms with E-state index in [-0.39, 0.29) is 12.5 Å². The fraction of sp³-hybridized carbons (Fsp3) is 0.364. The summed E-state index contributed by atoms with van der Waals surface area (Å²) in [5.74, 6) is -2.07. The second kappa shape index (κ2) is 6.17. The normalized spacial score (nSPS) is 10.2. The molecule has 0 fully saturated rings. The van der Waals surface area contributed by atoms with Gasteiger partial charge in [0.1, 0.15) is 0 Å². The molecule has 16 heavy (non-hydrogen) atoms. The van der Waals surface area contributed by atoms with Gasteiger partial charge in [0.25, 0.3) is 0 Å². The fourth-order valence-electron chi connectivity index (χ4n) is 1.19. The van der Waals surface area contributed by atoms with E-state index in [4.69, 9.17) is 0 Å². The van der Waals surface area contributed by atoms with Gasteiger partial charge in [0.05, 0.1) is 13.7 Å². The molecule has 0 spiro atoms. The molecule has 0 amide bonds. The van der Waals surface area contributed by atoms with Crippen molar-refractivity contribution < 1.29 is 18.3 Å². The van der Waals surface area contributed by atoms with E-state index in [0.29, 0.717) is 18.5 Å². The third kappa shape index (κ3) is 3.94. The van der Waals surface area contributed by atoms with Gasteiger partial charge in [-0.05, 0) is 30.7 Å². The van der Waals surface area contributed by atoms with Crippen LogP contribution >= 0.6 is 0 Å². The third-order valence-corrected chi connectivity index (χ3v) is 2.07. The maximum atomic E-state index is 12.8. The second-order valence-electron chi connectivity index (χ2n) is 3.25. The maximum Gasteiger partial charge on any atom is 0.319 e. The molecule has 1 N–H and O–H groups in total. The molecule has 88 valence electrons. The molecule has 0 aliphatic rings. The van der Waals surface area contributed by atoms with E-state index in [1.807, 2.05) is 0 Å². The zero-order valence-electron chi connectivity index (χ0n) is 8.93. The van der Waals surface area contributed by atoms with Gasteiger partial charge < -0.3 is 10.1 Å². The van der Waals surface area contributed by atoms with E-state index in [2.05, 4.69) is 10.1 Å². The Bertz CT molecular complexity index is 369. The van der Waals surface area contributed by atoms with Gasteiger partial charge in [-0.2, -0.15) is 0 Å². The number of esters is 1. The molecule has 5 heteroatoms. The second-order valence-corrected chi connectivity index (χ2v) is 3.25. The van der Waals surface area contributed by atoms with Crippen LogP contribution in [0, 0.1) is 11.6 Å². The van der Waals surface area contributed by atoms with Crippen LogP contribution in [0.4, 0.5) is 8.78 Å². The van der Waals surface area contributed by atoms with Crippen molar-refractivity contribution in [2.75, 3.05) is 20.2 Å². The Labute approximate surface area is 92.4 Å². The molecule has 0 heterocycles. The third-order valence-electron chi connectivity index (χ3n) is 2.07. The molecule has 1 aromatic rings. The van der Waals surface area contributed by atoms with Crippen LogP contribution in [0.3, 0.4) is 0 Å². The first kappa shape index (κ1) is 12.6. The Morgan fingerprint density at radius 2 is 2.12 bits per heavy atom. The minimum atomic E-state index is -0.856. The Kier molecular flexibility index (Phi) is 4.85. The molecule has 0 radical (unpaired) electrons. The van der Waals surface area contributed by atoms with Crippen molar-refractivity contribution in [1.29, 1.82) is 0 Å². The van der Waals surface area contributed by atoms with E-state index >= 15 is 0 Å². The van der Waals surface area contributed by atoms with Gasteiger partial charge in [0.15, 0.2) is 11.6 Å². The smallest absolute Gasteiger partial charge is 0.319 e. The van der Waals surface area contributed by atoms with Crippen LogP contribution < -0.4 is 5.32 Å². The van der Waals surface area contributed by atoms with Gasteiger partial charge in [0, 0.05) is 0 Å². The quantitative estimate of drug-likeness (QED) is 0.610. The Balaban J connectivity index is 2.32. The number of benzene rings is 1. The molecule has 0 atom stereocenters. The number of rotatable bonds is 5. The summed E-state index contributed by atoms with van der Waals surface area (Å²) < 4.78 is 29.8. The predicted molar refractivity (Wildman–Crippen MR) is 54.9 cm³/mol. The standard InChI is InChI=1S/C11H13F2NO2/c1-16-11(15)7-14-5-4-8-2-3-9(12)10(13)6-8/h2-3,6,14H,4-5,7H2,1H3. The highest BCUT2D eigenvalue weighted by molar-refractivity contribution is 5.71. The number of hydrogen-bond donors (Lipinski definition) is 1. The summed E-state index contributed by atoms with van der Waals surface area (Å²) in [6, 6.07) is 3.75. The monoisotopic (exact) mass is 229 g/mol. The zero-order valence-corrected chi connectivity index (χ0v) is 8.93. The summed E-state index contributed by atoms with van der Waals surface area (Å²) in [5, 5.41) is 2.83. The average molecular weight is 229 g/mol. The Hall–Kier alpha value is -1.49. The van der Waals surface area contributed by atoms with Gasteiger partial charge in [0.2, 0.25) is 0 Å². The molecule has 0 bridgehead atoms. The summed E-state index contributed by atoms with van der Waals surface area (Å²) in [7, 11) is 1.30. The van der Waals surface area contributed by atoms with Gasteiger partial charge >= 0.3 is 5.97 Å². The highest BCUT2D eigenvalue weighted by Crippen LogP contribution is 2.08. The minimum absolute atomic E-state index is 0.111. The van der Waals surface area contributed by atoms with E-state index < -0.39 is 11.6 Å². The van der Waals surface area contributed by atoms with Crippen molar-refractivity contribution >= 4 is 5.97 Å². The SMILES string of the molecule is COC(=O)CNCCc1ccc(F)c(F)c1. The highest BCUT2D eigenvalue weighted by Gasteiger charge is 2.03. The van der Waals surface area contributed by atoms with Crippen molar-refractivity contribution in [3.63, 3.8) is 0 Å². The maximum absolute atomic E-state index is 12.8. The van der Waals surface area contributed by atoms with Crippen LogP contribution in [0.2, 0.25) is 0 Å². The number of carbonyl (C=O) groups is 1. The van der Waals surface area contributed by atoms with E-state index in [9.17, 15) is 13.6 Å². The summed E-state index contributed by atoms with van der Waals surface area (Å²) >= 11 is 0. The van der Waals surface area contributed by atoms with E-state index in [1.54, 1.807) is 0 Å². The van der Waals surface area contributed by atoms with Crippen molar-refractivity contribution in [3.8, 4) is 0 Å². The molecule has 1 rings (SSSR count). The number of methoxy groups -OCH3 is 1. The molecular weight excluding hydrogens is 216 g/mol. The first-order chi connectivity index (χ1) is 7.63. The number of carbonyl (C=O) groups excluding carboxylic acids is 1. The zero-order chi connectivity index (χ0) is 12.0. The largest absolute Gasteiger partial charge is 0.468 e. The average Bonchev–Trinajstić information content (AvgIpc) is 2.28. The first-order valence-corrected chi connectivity index (χ1v) is 4.85. The highest BCUT2D eigenvalue weighted by atomic mass is 19.2. The van der Waals surface area contributed by atoms with Crippen molar-refractivity contribution in [2.24, 2.45) is 0 Å². The topological polar surface area (TPSA) is 38.3 Å². The van der Waals surface area contributed by atoms with E-state index in [0.717, 1.165) is 12.1 Å². The van der Waals surface area contributed by atoms with Gasteiger partial charge in [-0.1, -0.05) is 6.07 Å². The number of ether oxygens (including phenoxy) is 1. The molecule has 0 saturated carbocycles. The molecule has 3 nitrogen and oxygen atoms in total.